The number of aromatic hydroxyl groups is 1. The van der Waals surface area contributed by atoms with Crippen LogP contribution in [0.5, 0.6) is 5.75 Å². The molecule has 2 aromatic heterocycles. The molecular weight excluding hydrogens is 315 g/mol. The van der Waals surface area contributed by atoms with E-state index in [2.05, 4.69) is 4.98 Å². The van der Waals surface area contributed by atoms with Crippen molar-refractivity contribution in [2.24, 2.45) is 7.05 Å². The molecule has 0 atom stereocenters. The van der Waals surface area contributed by atoms with Crippen molar-refractivity contribution in [1.29, 1.82) is 0 Å². The number of hydrogen-bond acceptors (Lipinski definition) is 3. The van der Waals surface area contributed by atoms with Crippen molar-refractivity contribution >= 4 is 16.9 Å². The van der Waals surface area contributed by atoms with Crippen LogP contribution in [0.25, 0.3) is 22.3 Å². The highest BCUT2D eigenvalue weighted by Crippen LogP contribution is 2.33. The molecule has 24 heavy (non-hydrogen) atoms. The van der Waals surface area contributed by atoms with E-state index in [0.29, 0.717) is 28.8 Å². The monoisotopic (exact) mass is 330 g/mol. The minimum absolute atomic E-state index is 0.314. The van der Waals surface area contributed by atoms with Crippen LogP contribution in [0.1, 0.15) is 22.8 Å². The topological polar surface area (TPSA) is 95.3 Å². The summed E-state index contributed by atoms with van der Waals surface area (Å²) in [5.74, 6) is -2.41. The lowest BCUT2D eigenvalue weighted by molar-refractivity contribution is 0.0691. The highest BCUT2D eigenvalue weighted by Gasteiger charge is 2.23. The number of rotatable bonds is 3. The molecule has 7 heteroatoms. The Kier molecular flexibility index (Phi) is 3.63. The van der Waals surface area contributed by atoms with Crippen LogP contribution in [-0.4, -0.2) is 25.7 Å². The van der Waals surface area contributed by atoms with E-state index in [1.54, 1.807) is 30.7 Å². The molecule has 3 rings (SSSR count). The van der Waals surface area contributed by atoms with Crippen LogP contribution >= 0.6 is 0 Å². The van der Waals surface area contributed by atoms with Crippen molar-refractivity contribution < 1.29 is 19.4 Å². The molecule has 0 spiro atoms. The van der Waals surface area contributed by atoms with Gasteiger partial charge in [-0.3, -0.25) is 4.79 Å². The summed E-state index contributed by atoms with van der Waals surface area (Å²) in [7, 11) is 1.75. The molecule has 0 aliphatic carbocycles. The number of aromatic carboxylic acids is 1. The number of H-pyrrole nitrogens is 1. The molecule has 0 fully saturated rings. The summed E-state index contributed by atoms with van der Waals surface area (Å²) in [6, 6.07) is 6.00. The zero-order valence-electron chi connectivity index (χ0n) is 13.1. The quantitative estimate of drug-likeness (QED) is 0.688. The van der Waals surface area contributed by atoms with Gasteiger partial charge >= 0.3 is 5.97 Å². The number of aromatic nitrogens is 2. The minimum atomic E-state index is -1.49. The molecule has 0 saturated carbocycles. The van der Waals surface area contributed by atoms with Crippen LogP contribution < -0.4 is 5.56 Å². The smallest absolute Gasteiger partial charge is 0.345 e. The first-order valence-electron chi connectivity index (χ1n) is 7.31. The fourth-order valence-corrected chi connectivity index (χ4v) is 2.95. The van der Waals surface area contributed by atoms with E-state index in [-0.39, 0.29) is 5.82 Å². The fourth-order valence-electron chi connectivity index (χ4n) is 2.95. The second-order valence-corrected chi connectivity index (χ2v) is 5.48. The van der Waals surface area contributed by atoms with E-state index in [9.17, 15) is 19.1 Å². The molecule has 2 heterocycles. The standard InChI is InChI=1S/C17H15FN2O4/c1-3-10-14(19-16(22)13(15(10)21)17(23)24)12-7-8-6-9(18)4-5-11(8)20(12)2/h4-7H,3H2,1-2H3,(H,23,24)(H2,19,21,22). The number of aromatic amines is 1. The van der Waals surface area contributed by atoms with Crippen LogP contribution in [-0.2, 0) is 13.5 Å². The average Bonchev–Trinajstić information content (AvgIpc) is 2.82. The normalized spacial score (nSPS) is 11.1. The zero-order chi connectivity index (χ0) is 17.6. The van der Waals surface area contributed by atoms with Crippen molar-refractivity contribution in [3.8, 4) is 17.1 Å². The molecule has 1 aromatic carbocycles. The maximum absolute atomic E-state index is 13.4. The maximum atomic E-state index is 13.4. The third-order valence-electron chi connectivity index (χ3n) is 4.12. The number of carboxylic acid groups (broad SMARTS) is 1. The Morgan fingerprint density at radius 3 is 2.67 bits per heavy atom. The van der Waals surface area contributed by atoms with Gasteiger partial charge in [-0.15, -0.1) is 0 Å². The maximum Gasteiger partial charge on any atom is 0.345 e. The summed E-state index contributed by atoms with van der Waals surface area (Å²) in [4.78, 5) is 25.8. The predicted molar refractivity (Wildman–Crippen MR) is 86.9 cm³/mol. The van der Waals surface area contributed by atoms with Gasteiger partial charge in [-0.2, -0.15) is 0 Å². The number of hydrogen-bond donors (Lipinski definition) is 3. The van der Waals surface area contributed by atoms with Gasteiger partial charge in [-0.1, -0.05) is 6.92 Å². The number of aryl methyl sites for hydroxylation is 1. The largest absolute Gasteiger partial charge is 0.506 e. The first kappa shape index (κ1) is 15.8. The number of pyridine rings is 1. The van der Waals surface area contributed by atoms with Gasteiger partial charge in [0.2, 0.25) is 0 Å². The highest BCUT2D eigenvalue weighted by molar-refractivity contribution is 5.93. The summed E-state index contributed by atoms with van der Waals surface area (Å²) in [5.41, 5.74) is 0.374. The second-order valence-electron chi connectivity index (χ2n) is 5.48. The molecule has 0 saturated heterocycles. The molecule has 6 nitrogen and oxygen atoms in total. The highest BCUT2D eigenvalue weighted by atomic mass is 19.1. The number of nitrogens with zero attached hydrogens (tertiary/aromatic N) is 1. The lowest BCUT2D eigenvalue weighted by Gasteiger charge is -2.12. The number of halogens is 1. The second kappa shape index (κ2) is 5.52. The summed E-state index contributed by atoms with van der Waals surface area (Å²) in [6.07, 6.45) is 0.314. The van der Waals surface area contributed by atoms with Gasteiger partial charge in [0.15, 0.2) is 5.56 Å². The molecule has 0 radical (unpaired) electrons. The Hall–Kier alpha value is -3.09. The van der Waals surface area contributed by atoms with Crippen molar-refractivity contribution in [3.05, 3.63) is 51.6 Å². The van der Waals surface area contributed by atoms with Crippen molar-refractivity contribution in [2.45, 2.75) is 13.3 Å². The number of carbonyl (C=O) groups is 1. The van der Waals surface area contributed by atoms with Crippen LogP contribution in [0, 0.1) is 5.82 Å². The lowest BCUT2D eigenvalue weighted by atomic mass is 10.0. The van der Waals surface area contributed by atoms with Crippen molar-refractivity contribution in [1.82, 2.24) is 9.55 Å². The summed E-state index contributed by atoms with van der Waals surface area (Å²) in [5, 5.41) is 20.0. The van der Waals surface area contributed by atoms with E-state index < -0.39 is 22.8 Å². The Bertz CT molecular complexity index is 1030. The molecule has 0 bridgehead atoms. The summed E-state index contributed by atoms with van der Waals surface area (Å²) >= 11 is 0. The molecule has 0 unspecified atom stereocenters. The van der Waals surface area contributed by atoms with Gasteiger partial charge in [0, 0.05) is 23.5 Å². The van der Waals surface area contributed by atoms with Crippen LogP contribution in [0.3, 0.4) is 0 Å². The SMILES string of the molecule is CCc1c(-c2cc3cc(F)ccc3n2C)[nH]c(=O)c(C(=O)O)c1O. The van der Waals surface area contributed by atoms with E-state index in [0.717, 1.165) is 5.52 Å². The van der Waals surface area contributed by atoms with Crippen LogP contribution in [0.4, 0.5) is 4.39 Å². The molecule has 0 aliphatic heterocycles. The average molecular weight is 330 g/mol. The minimum Gasteiger partial charge on any atom is -0.506 e. The fraction of sp³-hybridized carbons (Fsp3) is 0.176. The van der Waals surface area contributed by atoms with Gasteiger partial charge in [0.1, 0.15) is 11.6 Å². The van der Waals surface area contributed by atoms with Crippen molar-refractivity contribution in [3.63, 3.8) is 0 Å². The zero-order valence-corrected chi connectivity index (χ0v) is 13.1. The molecular formula is C17H15FN2O4. The summed E-state index contributed by atoms with van der Waals surface area (Å²) in [6.45, 7) is 1.74. The number of nitrogens with one attached hydrogen (secondary N) is 1. The van der Waals surface area contributed by atoms with E-state index in [1.807, 2.05) is 0 Å². The van der Waals surface area contributed by atoms with E-state index in [4.69, 9.17) is 5.11 Å². The number of carboxylic acids is 1. The van der Waals surface area contributed by atoms with Gasteiger partial charge in [0.25, 0.3) is 5.56 Å². The summed E-state index contributed by atoms with van der Waals surface area (Å²) < 4.78 is 15.2. The van der Waals surface area contributed by atoms with E-state index >= 15 is 0 Å². The van der Waals surface area contributed by atoms with Gasteiger partial charge in [-0.05, 0) is 30.7 Å². The number of fused-ring (bicyclic) bond motifs is 1. The van der Waals surface area contributed by atoms with Crippen LogP contribution in [0.2, 0.25) is 0 Å². The predicted octanol–water partition coefficient (Wildman–Crippen LogP) is 2.64. The third-order valence-corrected chi connectivity index (χ3v) is 4.12. The Morgan fingerprint density at radius 1 is 1.33 bits per heavy atom. The van der Waals surface area contributed by atoms with Gasteiger partial charge < -0.3 is 19.8 Å². The Morgan fingerprint density at radius 2 is 2.04 bits per heavy atom. The first-order valence-corrected chi connectivity index (χ1v) is 7.31. The number of benzene rings is 1. The van der Waals surface area contributed by atoms with Crippen LogP contribution in [0.15, 0.2) is 29.1 Å². The molecule has 3 N–H and O–H groups in total. The molecule has 0 aliphatic rings. The van der Waals surface area contributed by atoms with Gasteiger partial charge in [-0.25, -0.2) is 9.18 Å². The molecule has 0 amide bonds. The molecule has 3 aromatic rings. The Labute approximate surface area is 135 Å². The third kappa shape index (κ3) is 2.25. The van der Waals surface area contributed by atoms with Crippen molar-refractivity contribution in [2.75, 3.05) is 0 Å². The lowest BCUT2D eigenvalue weighted by Crippen LogP contribution is -2.20. The van der Waals surface area contributed by atoms with Gasteiger partial charge in [0.05, 0.1) is 11.4 Å². The Balaban J connectivity index is 2.36. The van der Waals surface area contributed by atoms with E-state index in [1.165, 1.54) is 12.1 Å². The molecule has 124 valence electrons. The first-order chi connectivity index (χ1) is 11.3.